The second kappa shape index (κ2) is 15.7. The molecule has 3 aromatic rings. The zero-order chi connectivity index (χ0) is 38.0. The van der Waals surface area contributed by atoms with Crippen molar-refractivity contribution in [3.8, 4) is 11.8 Å². The van der Waals surface area contributed by atoms with Gasteiger partial charge in [0, 0.05) is 52.0 Å². The second-order valence-corrected chi connectivity index (χ2v) is 16.1. The Morgan fingerprint density at radius 2 is 1.79 bits per heavy atom. The average molecular weight is 721 g/mol. The molecule has 6 rings (SSSR count). The number of allylic oxidation sites excluding steroid dienone is 1. The smallest absolute Gasteiger partial charge is 0.348 e. The summed E-state index contributed by atoms with van der Waals surface area (Å²) in [6.45, 7) is 9.31. The van der Waals surface area contributed by atoms with Crippen molar-refractivity contribution < 1.29 is 9.59 Å². The van der Waals surface area contributed by atoms with Gasteiger partial charge in [0.2, 0.25) is 5.91 Å². The Bertz CT molecular complexity index is 1920. The van der Waals surface area contributed by atoms with E-state index in [-0.39, 0.29) is 42.1 Å². The third-order valence-corrected chi connectivity index (χ3v) is 12.3. The van der Waals surface area contributed by atoms with Gasteiger partial charge in [0.25, 0.3) is 5.91 Å². The predicted molar refractivity (Wildman–Crippen MR) is 207 cm³/mol. The third-order valence-electron chi connectivity index (χ3n) is 12.3. The van der Waals surface area contributed by atoms with Crippen molar-refractivity contribution >= 4 is 11.8 Å². The Kier molecular flexibility index (Phi) is 11.3. The minimum atomic E-state index is -0.752. The van der Waals surface area contributed by atoms with Crippen LogP contribution in [0.5, 0.6) is 0 Å². The van der Waals surface area contributed by atoms with Gasteiger partial charge in [0.1, 0.15) is 11.9 Å². The van der Waals surface area contributed by atoms with Crippen LogP contribution >= 0.6 is 0 Å². The number of carbonyl (C=O) groups excluding carboxylic acids is 2. The number of carbonyl (C=O) groups is 2. The first-order chi connectivity index (χ1) is 25.3. The first kappa shape index (κ1) is 38.0. The number of benzene rings is 2. The molecule has 2 fully saturated rings. The fraction of sp³-hybridized carbons (Fsp3) is 0.548. The maximum absolute atomic E-state index is 14.0. The topological polar surface area (TPSA) is 130 Å². The number of aromatic amines is 1. The van der Waals surface area contributed by atoms with Crippen LogP contribution in [0.15, 0.2) is 59.5 Å². The molecule has 1 aromatic heterocycles. The van der Waals surface area contributed by atoms with E-state index in [1.54, 1.807) is 23.9 Å². The average Bonchev–Trinajstić information content (AvgIpc) is 3.69. The molecule has 282 valence electrons. The van der Waals surface area contributed by atoms with Gasteiger partial charge in [-0.15, -0.1) is 5.10 Å². The SMILES string of the molecule is C=C([C@@H]1CCC2CCc3cc(C(=O)N(C)C)ccc3C(C[C@H](C)NCC(=O)N3CCCC3C#N)(c3nn(-c4ccc(C)cc4)c(=O)[nH]3)C2CC1)N(C)C. The number of hydrogen-bond acceptors (Lipinski definition) is 7. The minimum Gasteiger partial charge on any atom is -0.381 e. The molecule has 0 spiro atoms. The molecule has 3 aliphatic rings. The minimum absolute atomic E-state index is 0.0508. The molecular weight excluding hydrogens is 665 g/mol. The van der Waals surface area contributed by atoms with E-state index in [4.69, 9.17) is 5.10 Å². The molecule has 1 saturated heterocycles. The van der Waals surface area contributed by atoms with Crippen molar-refractivity contribution in [2.75, 3.05) is 41.3 Å². The van der Waals surface area contributed by atoms with Gasteiger partial charge in [-0.25, -0.2) is 4.79 Å². The summed E-state index contributed by atoms with van der Waals surface area (Å²) < 4.78 is 1.48. The van der Waals surface area contributed by atoms with Gasteiger partial charge < -0.3 is 20.0 Å². The number of rotatable bonds is 10. The van der Waals surface area contributed by atoms with E-state index in [1.165, 1.54) is 4.68 Å². The first-order valence-electron chi connectivity index (χ1n) is 19.2. The Balaban J connectivity index is 1.50. The van der Waals surface area contributed by atoms with Crippen LogP contribution in [0.3, 0.4) is 0 Å². The van der Waals surface area contributed by atoms with Gasteiger partial charge in [-0.2, -0.15) is 9.94 Å². The molecule has 2 aromatic carbocycles. The second-order valence-electron chi connectivity index (χ2n) is 16.1. The van der Waals surface area contributed by atoms with E-state index in [1.807, 2.05) is 37.3 Å². The van der Waals surface area contributed by atoms with Crippen LogP contribution in [0.25, 0.3) is 5.69 Å². The lowest BCUT2D eigenvalue weighted by Gasteiger charge is -2.44. The van der Waals surface area contributed by atoms with E-state index in [2.05, 4.69) is 61.0 Å². The van der Waals surface area contributed by atoms with Gasteiger partial charge in [-0.05, 0) is 125 Å². The fourth-order valence-corrected chi connectivity index (χ4v) is 9.40. The Morgan fingerprint density at radius 1 is 1.06 bits per heavy atom. The van der Waals surface area contributed by atoms with E-state index in [0.29, 0.717) is 48.3 Å². The number of amides is 2. The van der Waals surface area contributed by atoms with Gasteiger partial charge in [-0.1, -0.05) is 30.3 Å². The van der Waals surface area contributed by atoms with Crippen molar-refractivity contribution in [2.45, 2.75) is 89.1 Å². The van der Waals surface area contributed by atoms with Crippen molar-refractivity contribution in [1.82, 2.24) is 34.8 Å². The number of nitriles is 1. The monoisotopic (exact) mass is 720 g/mol. The van der Waals surface area contributed by atoms with Crippen LogP contribution < -0.4 is 11.0 Å². The highest BCUT2D eigenvalue weighted by Crippen LogP contribution is 2.54. The molecule has 6 atom stereocenters. The molecule has 1 saturated carbocycles. The number of aryl methyl sites for hydroxylation is 2. The molecule has 1 aliphatic heterocycles. The highest BCUT2D eigenvalue weighted by molar-refractivity contribution is 5.94. The van der Waals surface area contributed by atoms with Crippen LogP contribution in [0.2, 0.25) is 0 Å². The zero-order valence-corrected chi connectivity index (χ0v) is 32.3. The Hall–Kier alpha value is -4.69. The molecule has 53 heavy (non-hydrogen) atoms. The number of nitrogens with zero attached hydrogens (tertiary/aromatic N) is 6. The summed E-state index contributed by atoms with van der Waals surface area (Å²) in [6.07, 6.45) is 7.76. The van der Waals surface area contributed by atoms with Crippen LogP contribution in [0.4, 0.5) is 0 Å². The number of H-pyrrole nitrogens is 1. The summed E-state index contributed by atoms with van der Waals surface area (Å²) in [6, 6.07) is 15.6. The predicted octanol–water partition coefficient (Wildman–Crippen LogP) is 5.18. The maximum atomic E-state index is 14.0. The van der Waals surface area contributed by atoms with E-state index in [9.17, 15) is 19.6 Å². The van der Waals surface area contributed by atoms with E-state index >= 15 is 0 Å². The number of likely N-dealkylation sites (tertiary alicyclic amines) is 1. The van der Waals surface area contributed by atoms with Gasteiger partial charge in [0.05, 0.1) is 23.7 Å². The van der Waals surface area contributed by atoms with Gasteiger partial charge in [0.15, 0.2) is 0 Å². The molecular formula is C42H56N8O3. The van der Waals surface area contributed by atoms with Crippen molar-refractivity contribution in [3.05, 3.63) is 93.3 Å². The van der Waals surface area contributed by atoms with Crippen LogP contribution in [-0.4, -0.2) is 94.6 Å². The molecule has 0 radical (unpaired) electrons. The van der Waals surface area contributed by atoms with Crippen LogP contribution in [-0.2, 0) is 16.6 Å². The molecule has 2 amide bonds. The maximum Gasteiger partial charge on any atom is 0.348 e. The zero-order valence-electron chi connectivity index (χ0n) is 32.3. The summed E-state index contributed by atoms with van der Waals surface area (Å²) in [5.74, 6) is 1.26. The van der Waals surface area contributed by atoms with E-state index in [0.717, 1.165) is 67.3 Å². The summed E-state index contributed by atoms with van der Waals surface area (Å²) in [5.41, 5.74) is 4.69. The Morgan fingerprint density at radius 3 is 2.49 bits per heavy atom. The lowest BCUT2D eigenvalue weighted by Crippen LogP contribution is -2.48. The molecule has 11 nitrogen and oxygen atoms in total. The molecule has 2 N–H and O–H groups in total. The summed E-state index contributed by atoms with van der Waals surface area (Å²) in [7, 11) is 7.67. The van der Waals surface area contributed by atoms with E-state index < -0.39 is 5.41 Å². The molecule has 11 heteroatoms. The summed E-state index contributed by atoms with van der Waals surface area (Å²) in [4.78, 5) is 49.4. The van der Waals surface area contributed by atoms with Crippen LogP contribution in [0.1, 0.15) is 91.2 Å². The molecule has 2 heterocycles. The van der Waals surface area contributed by atoms with Crippen molar-refractivity contribution in [2.24, 2.45) is 17.8 Å². The largest absolute Gasteiger partial charge is 0.381 e. The number of aromatic nitrogens is 3. The lowest BCUT2D eigenvalue weighted by molar-refractivity contribution is -0.130. The molecule has 4 unspecified atom stereocenters. The fourth-order valence-electron chi connectivity index (χ4n) is 9.40. The summed E-state index contributed by atoms with van der Waals surface area (Å²) >= 11 is 0. The first-order valence-corrected chi connectivity index (χ1v) is 19.2. The number of nitrogens with one attached hydrogen (secondary N) is 2. The third kappa shape index (κ3) is 7.56. The van der Waals surface area contributed by atoms with Crippen molar-refractivity contribution in [1.29, 1.82) is 5.26 Å². The number of fused-ring (bicyclic) bond motifs is 2. The lowest BCUT2D eigenvalue weighted by atomic mass is 9.60. The number of hydrogen-bond donors (Lipinski definition) is 2. The summed E-state index contributed by atoms with van der Waals surface area (Å²) in [5, 5.41) is 18.4. The normalized spacial score (nSPS) is 24.6. The highest BCUT2D eigenvalue weighted by atomic mass is 16.2. The van der Waals surface area contributed by atoms with Gasteiger partial charge >= 0.3 is 5.69 Å². The Labute approximate surface area is 314 Å². The molecule has 0 bridgehead atoms. The standard InChI is InChI=1S/C42H56N8O3/c1-27-10-18-34(19-11-27)50-41(53)45-40(46-50)42(24-28(2)44-26-38(51)49-22-8-9-35(49)25-43)36-20-16-30(29(3)47(4)5)12-13-31(36)14-15-32-23-33(17-21-37(32)42)39(52)48(6)7/h10-11,17-19,21,23,28,30-31,35-36,44H,3,8-9,12-16,20,22,24,26H2,1-2,4-7H3,(H,45,46,53)/t28-,30+,31?,35?,36?,42?/m0/s1. The highest BCUT2D eigenvalue weighted by Gasteiger charge is 2.52. The molecule has 2 aliphatic carbocycles. The van der Waals surface area contributed by atoms with Crippen LogP contribution in [0, 0.1) is 36.0 Å². The van der Waals surface area contributed by atoms with Gasteiger partial charge in [-0.3, -0.25) is 14.6 Å². The quantitative estimate of drug-likeness (QED) is 0.295. The van der Waals surface area contributed by atoms with Crippen molar-refractivity contribution in [3.63, 3.8) is 0 Å².